The van der Waals surface area contributed by atoms with Crippen molar-refractivity contribution in [2.75, 3.05) is 13.2 Å². The molecule has 78 valence electrons. The summed E-state index contributed by atoms with van der Waals surface area (Å²) < 4.78 is 11.2. The molecule has 1 aliphatic heterocycles. The quantitative estimate of drug-likeness (QED) is 0.746. The first kappa shape index (κ1) is 9.74. The third-order valence-corrected chi connectivity index (χ3v) is 2.43. The van der Waals surface area contributed by atoms with Crippen molar-refractivity contribution in [3.63, 3.8) is 0 Å². The van der Waals surface area contributed by atoms with Crippen molar-refractivity contribution in [1.29, 1.82) is 0 Å². The van der Waals surface area contributed by atoms with Crippen molar-refractivity contribution < 1.29 is 9.15 Å². The number of hydrogen-bond donors (Lipinski definition) is 1. The Balaban J connectivity index is 2.02. The van der Waals surface area contributed by atoms with E-state index in [9.17, 15) is 0 Å². The van der Waals surface area contributed by atoms with Gasteiger partial charge in [0, 0.05) is 12.0 Å². The first-order valence-electron chi connectivity index (χ1n) is 4.98. The maximum Gasteiger partial charge on any atom is 0.167 e. The standard InChI is InChI=1S/C11H17NO2/c1-8-4-5-9(14-8)10-12-6-11(2,3)7-13-10/h4-5,10,12H,6-7H2,1-3H3. The molecule has 2 heterocycles. The predicted octanol–water partition coefficient (Wildman–Crippen LogP) is 2.23. The molecule has 1 unspecified atom stereocenters. The summed E-state index contributed by atoms with van der Waals surface area (Å²) >= 11 is 0. The fourth-order valence-corrected chi connectivity index (χ4v) is 1.56. The van der Waals surface area contributed by atoms with Gasteiger partial charge in [0.15, 0.2) is 6.23 Å². The lowest BCUT2D eigenvalue weighted by Crippen LogP contribution is -2.42. The molecule has 1 aromatic heterocycles. The van der Waals surface area contributed by atoms with E-state index in [1.54, 1.807) is 0 Å². The largest absolute Gasteiger partial charge is 0.462 e. The molecule has 0 radical (unpaired) electrons. The highest BCUT2D eigenvalue weighted by molar-refractivity contribution is 5.08. The summed E-state index contributed by atoms with van der Waals surface area (Å²) in [5.74, 6) is 1.80. The van der Waals surface area contributed by atoms with E-state index in [1.165, 1.54) is 0 Å². The summed E-state index contributed by atoms with van der Waals surface area (Å²) in [7, 11) is 0. The zero-order valence-electron chi connectivity index (χ0n) is 8.96. The topological polar surface area (TPSA) is 34.4 Å². The monoisotopic (exact) mass is 195 g/mol. The lowest BCUT2D eigenvalue weighted by molar-refractivity contribution is -0.0689. The molecule has 1 N–H and O–H groups in total. The van der Waals surface area contributed by atoms with Crippen LogP contribution in [0.4, 0.5) is 0 Å². The summed E-state index contributed by atoms with van der Waals surface area (Å²) in [6.07, 6.45) is -0.0725. The Kier molecular flexibility index (Phi) is 2.37. The van der Waals surface area contributed by atoms with Crippen LogP contribution in [0.2, 0.25) is 0 Å². The number of hydrogen-bond acceptors (Lipinski definition) is 3. The SMILES string of the molecule is Cc1ccc(C2NCC(C)(C)CO2)o1. The van der Waals surface area contributed by atoms with E-state index in [0.29, 0.717) is 0 Å². The minimum Gasteiger partial charge on any atom is -0.462 e. The van der Waals surface area contributed by atoms with Crippen LogP contribution in [-0.2, 0) is 4.74 Å². The Morgan fingerprint density at radius 3 is 2.71 bits per heavy atom. The number of rotatable bonds is 1. The van der Waals surface area contributed by atoms with Crippen LogP contribution in [0.3, 0.4) is 0 Å². The minimum absolute atomic E-state index is 0.0725. The van der Waals surface area contributed by atoms with Gasteiger partial charge < -0.3 is 9.15 Å². The van der Waals surface area contributed by atoms with Crippen LogP contribution in [0.15, 0.2) is 16.5 Å². The number of aryl methyl sites for hydroxylation is 1. The Morgan fingerprint density at radius 1 is 1.43 bits per heavy atom. The first-order chi connectivity index (χ1) is 6.57. The van der Waals surface area contributed by atoms with Gasteiger partial charge in [-0.25, -0.2) is 0 Å². The summed E-state index contributed by atoms with van der Waals surface area (Å²) in [5, 5.41) is 3.32. The van der Waals surface area contributed by atoms with Gasteiger partial charge in [-0.2, -0.15) is 0 Å². The van der Waals surface area contributed by atoms with E-state index in [1.807, 2.05) is 19.1 Å². The number of ether oxygens (including phenoxy) is 1. The summed E-state index contributed by atoms with van der Waals surface area (Å²) in [6.45, 7) is 8.03. The molecule has 3 nitrogen and oxygen atoms in total. The summed E-state index contributed by atoms with van der Waals surface area (Å²) in [5.41, 5.74) is 0.220. The van der Waals surface area contributed by atoms with E-state index in [4.69, 9.17) is 9.15 Å². The number of furan rings is 1. The molecule has 0 aliphatic carbocycles. The molecule has 1 atom stereocenters. The van der Waals surface area contributed by atoms with E-state index in [-0.39, 0.29) is 11.6 Å². The van der Waals surface area contributed by atoms with Gasteiger partial charge in [-0.3, -0.25) is 5.32 Å². The zero-order chi connectivity index (χ0) is 10.2. The molecule has 1 saturated heterocycles. The second kappa shape index (κ2) is 3.41. The Hall–Kier alpha value is -0.800. The van der Waals surface area contributed by atoms with Crippen LogP contribution < -0.4 is 5.32 Å². The van der Waals surface area contributed by atoms with Crippen LogP contribution >= 0.6 is 0 Å². The fourth-order valence-electron chi connectivity index (χ4n) is 1.56. The van der Waals surface area contributed by atoms with Crippen LogP contribution in [0.25, 0.3) is 0 Å². The van der Waals surface area contributed by atoms with Gasteiger partial charge in [0.2, 0.25) is 0 Å². The zero-order valence-corrected chi connectivity index (χ0v) is 8.96. The second-order valence-electron chi connectivity index (χ2n) is 4.68. The molecule has 0 spiro atoms. The fraction of sp³-hybridized carbons (Fsp3) is 0.636. The van der Waals surface area contributed by atoms with E-state index >= 15 is 0 Å². The van der Waals surface area contributed by atoms with E-state index in [2.05, 4.69) is 19.2 Å². The third-order valence-electron chi connectivity index (χ3n) is 2.43. The van der Waals surface area contributed by atoms with Crippen molar-refractivity contribution in [2.45, 2.75) is 27.0 Å². The van der Waals surface area contributed by atoms with Crippen LogP contribution in [0, 0.1) is 12.3 Å². The Morgan fingerprint density at radius 2 is 2.21 bits per heavy atom. The maximum atomic E-state index is 5.69. The highest BCUT2D eigenvalue weighted by Crippen LogP contribution is 2.27. The molecule has 14 heavy (non-hydrogen) atoms. The summed E-state index contributed by atoms with van der Waals surface area (Å²) in [6, 6.07) is 3.92. The minimum atomic E-state index is -0.0725. The van der Waals surface area contributed by atoms with Crippen molar-refractivity contribution >= 4 is 0 Å². The lowest BCUT2D eigenvalue weighted by atomic mass is 9.93. The predicted molar refractivity (Wildman–Crippen MR) is 53.9 cm³/mol. The molecule has 3 heteroatoms. The normalized spacial score (nSPS) is 26.4. The average Bonchev–Trinajstić information content (AvgIpc) is 2.52. The van der Waals surface area contributed by atoms with Gasteiger partial charge in [0.05, 0.1) is 6.61 Å². The van der Waals surface area contributed by atoms with Gasteiger partial charge in [-0.1, -0.05) is 13.8 Å². The highest BCUT2D eigenvalue weighted by atomic mass is 16.5. The van der Waals surface area contributed by atoms with Crippen molar-refractivity contribution in [2.24, 2.45) is 5.41 Å². The van der Waals surface area contributed by atoms with Gasteiger partial charge >= 0.3 is 0 Å². The molecule has 0 aromatic carbocycles. The molecule has 1 aliphatic rings. The van der Waals surface area contributed by atoms with Gasteiger partial charge in [-0.05, 0) is 19.1 Å². The third kappa shape index (κ3) is 1.99. The first-order valence-corrected chi connectivity index (χ1v) is 4.98. The molecule has 0 amide bonds. The van der Waals surface area contributed by atoms with Crippen LogP contribution in [0.1, 0.15) is 31.6 Å². The van der Waals surface area contributed by atoms with E-state index < -0.39 is 0 Å². The molecule has 1 fully saturated rings. The molecule has 0 saturated carbocycles. The number of nitrogens with one attached hydrogen (secondary N) is 1. The lowest BCUT2D eigenvalue weighted by Gasteiger charge is -2.34. The average molecular weight is 195 g/mol. The summed E-state index contributed by atoms with van der Waals surface area (Å²) in [4.78, 5) is 0. The van der Waals surface area contributed by atoms with Gasteiger partial charge in [0.1, 0.15) is 11.5 Å². The van der Waals surface area contributed by atoms with Crippen LogP contribution in [0.5, 0.6) is 0 Å². The van der Waals surface area contributed by atoms with Crippen molar-refractivity contribution in [3.05, 3.63) is 23.7 Å². The van der Waals surface area contributed by atoms with Crippen molar-refractivity contribution in [3.8, 4) is 0 Å². The molecule has 0 bridgehead atoms. The Labute approximate surface area is 84.4 Å². The van der Waals surface area contributed by atoms with Gasteiger partial charge in [0.25, 0.3) is 0 Å². The second-order valence-corrected chi connectivity index (χ2v) is 4.68. The van der Waals surface area contributed by atoms with Crippen molar-refractivity contribution in [1.82, 2.24) is 5.32 Å². The molecular weight excluding hydrogens is 178 g/mol. The highest BCUT2D eigenvalue weighted by Gasteiger charge is 2.29. The van der Waals surface area contributed by atoms with Gasteiger partial charge in [-0.15, -0.1) is 0 Å². The molecule has 1 aromatic rings. The van der Waals surface area contributed by atoms with E-state index in [0.717, 1.165) is 24.7 Å². The Bertz CT molecular complexity index is 307. The molecule has 2 rings (SSSR count). The maximum absolute atomic E-state index is 5.69. The smallest absolute Gasteiger partial charge is 0.167 e. The molecular formula is C11H17NO2. The van der Waals surface area contributed by atoms with Crippen LogP contribution in [-0.4, -0.2) is 13.2 Å².